The fourth-order valence-electron chi connectivity index (χ4n) is 1.54. The summed E-state index contributed by atoms with van der Waals surface area (Å²) in [7, 11) is 0. The highest BCUT2D eigenvalue weighted by Crippen LogP contribution is 2.23. The molecule has 2 aromatic carbocycles. The Morgan fingerprint density at radius 2 is 2.00 bits per heavy atom. The largest absolute Gasteiger partial charge is 0.322 e. The van der Waals surface area contributed by atoms with Crippen LogP contribution in [0.1, 0.15) is 15.9 Å². The van der Waals surface area contributed by atoms with Crippen LogP contribution in [0.2, 0.25) is 5.02 Å². The van der Waals surface area contributed by atoms with Crippen LogP contribution in [-0.2, 0) is 0 Å². The van der Waals surface area contributed by atoms with Crippen molar-refractivity contribution in [2.24, 2.45) is 0 Å². The third-order valence-corrected chi connectivity index (χ3v) is 4.37. The summed E-state index contributed by atoms with van der Waals surface area (Å²) in [4.78, 5) is 12.2. The second kappa shape index (κ2) is 6.24. The van der Waals surface area contributed by atoms with Gasteiger partial charge in [-0.15, -0.1) is 0 Å². The monoisotopic (exact) mass is 449 g/mol. The SMILES string of the molecule is Cc1ccc(NC(=O)c2cc(I)ccc2Br)cc1Cl. The molecule has 0 atom stereocenters. The van der Waals surface area contributed by atoms with E-state index in [1.165, 1.54) is 0 Å². The molecule has 0 aliphatic rings. The van der Waals surface area contributed by atoms with Crippen molar-refractivity contribution in [1.29, 1.82) is 0 Å². The van der Waals surface area contributed by atoms with Crippen molar-refractivity contribution >= 4 is 61.7 Å². The first-order chi connectivity index (χ1) is 8.97. The molecule has 0 saturated heterocycles. The second-order valence-electron chi connectivity index (χ2n) is 4.04. The van der Waals surface area contributed by atoms with Crippen LogP contribution in [0.5, 0.6) is 0 Å². The van der Waals surface area contributed by atoms with Crippen molar-refractivity contribution in [1.82, 2.24) is 0 Å². The molecule has 2 nitrogen and oxygen atoms in total. The molecule has 0 aliphatic carbocycles. The lowest BCUT2D eigenvalue weighted by molar-refractivity contribution is 0.102. The van der Waals surface area contributed by atoms with E-state index in [2.05, 4.69) is 43.8 Å². The fraction of sp³-hybridized carbons (Fsp3) is 0.0714. The van der Waals surface area contributed by atoms with E-state index in [0.29, 0.717) is 16.3 Å². The first kappa shape index (κ1) is 14.8. The Labute approximate surface area is 138 Å². The maximum absolute atomic E-state index is 12.2. The lowest BCUT2D eigenvalue weighted by Crippen LogP contribution is -2.12. The highest BCUT2D eigenvalue weighted by molar-refractivity contribution is 14.1. The third kappa shape index (κ3) is 3.70. The molecule has 2 aromatic rings. The van der Waals surface area contributed by atoms with Crippen molar-refractivity contribution in [3.63, 3.8) is 0 Å². The number of benzene rings is 2. The minimum Gasteiger partial charge on any atom is -0.322 e. The first-order valence-electron chi connectivity index (χ1n) is 5.50. The number of rotatable bonds is 2. The summed E-state index contributed by atoms with van der Waals surface area (Å²) >= 11 is 11.6. The van der Waals surface area contributed by atoms with Crippen LogP contribution in [0.15, 0.2) is 40.9 Å². The van der Waals surface area contributed by atoms with Crippen molar-refractivity contribution < 1.29 is 4.79 Å². The van der Waals surface area contributed by atoms with Crippen LogP contribution in [-0.4, -0.2) is 5.91 Å². The second-order valence-corrected chi connectivity index (χ2v) is 6.55. The van der Waals surface area contributed by atoms with Gasteiger partial charge in [-0.25, -0.2) is 0 Å². The van der Waals surface area contributed by atoms with Crippen LogP contribution in [0.4, 0.5) is 5.69 Å². The number of hydrogen-bond acceptors (Lipinski definition) is 1. The molecule has 5 heteroatoms. The van der Waals surface area contributed by atoms with E-state index < -0.39 is 0 Å². The quantitative estimate of drug-likeness (QED) is 0.621. The fourth-order valence-corrected chi connectivity index (χ4v) is 2.64. The summed E-state index contributed by atoms with van der Waals surface area (Å²) in [5.74, 6) is -0.162. The Bertz CT molecular complexity index is 645. The lowest BCUT2D eigenvalue weighted by atomic mass is 10.2. The van der Waals surface area contributed by atoms with Crippen LogP contribution in [0, 0.1) is 10.5 Å². The van der Waals surface area contributed by atoms with Gasteiger partial charge in [0.25, 0.3) is 5.91 Å². The van der Waals surface area contributed by atoms with Crippen molar-refractivity contribution in [3.05, 3.63) is 60.6 Å². The lowest BCUT2D eigenvalue weighted by Gasteiger charge is -2.08. The number of nitrogens with one attached hydrogen (secondary N) is 1. The summed E-state index contributed by atoms with van der Waals surface area (Å²) < 4.78 is 1.77. The van der Waals surface area contributed by atoms with E-state index in [1.54, 1.807) is 6.07 Å². The summed E-state index contributed by atoms with van der Waals surface area (Å²) in [6, 6.07) is 11.1. The number of carbonyl (C=O) groups excluding carboxylic acids is 1. The highest BCUT2D eigenvalue weighted by Gasteiger charge is 2.11. The topological polar surface area (TPSA) is 29.1 Å². The van der Waals surface area contributed by atoms with Gasteiger partial charge < -0.3 is 5.32 Å². The van der Waals surface area contributed by atoms with Gasteiger partial charge in [0.1, 0.15) is 0 Å². The van der Waals surface area contributed by atoms with Crippen LogP contribution >= 0.6 is 50.1 Å². The molecule has 0 radical (unpaired) electrons. The molecule has 1 N–H and O–H groups in total. The smallest absolute Gasteiger partial charge is 0.256 e. The highest BCUT2D eigenvalue weighted by atomic mass is 127. The van der Waals surface area contributed by atoms with Crippen molar-refractivity contribution in [2.75, 3.05) is 5.32 Å². The van der Waals surface area contributed by atoms with E-state index >= 15 is 0 Å². The predicted molar refractivity (Wildman–Crippen MR) is 91.0 cm³/mol. The Morgan fingerprint density at radius 3 is 2.68 bits per heavy atom. The van der Waals surface area contributed by atoms with E-state index in [0.717, 1.165) is 13.6 Å². The molecule has 0 bridgehead atoms. The average Bonchev–Trinajstić information content (AvgIpc) is 2.36. The van der Waals surface area contributed by atoms with E-state index in [4.69, 9.17) is 11.6 Å². The zero-order valence-electron chi connectivity index (χ0n) is 10.0. The normalized spacial score (nSPS) is 10.3. The molecule has 1 amide bonds. The average molecular weight is 451 g/mol. The number of anilines is 1. The molecule has 0 fully saturated rings. The summed E-state index contributed by atoms with van der Waals surface area (Å²) in [5.41, 5.74) is 2.27. The molecule has 19 heavy (non-hydrogen) atoms. The molecule has 0 spiro atoms. The molecule has 0 aliphatic heterocycles. The summed E-state index contributed by atoms with van der Waals surface area (Å²) in [5, 5.41) is 3.48. The Morgan fingerprint density at radius 1 is 1.26 bits per heavy atom. The summed E-state index contributed by atoms with van der Waals surface area (Å²) in [6.45, 7) is 1.92. The van der Waals surface area contributed by atoms with Gasteiger partial charge in [-0.2, -0.15) is 0 Å². The predicted octanol–water partition coefficient (Wildman–Crippen LogP) is 5.27. The Kier molecular flexibility index (Phi) is 4.86. The molecule has 98 valence electrons. The van der Waals surface area contributed by atoms with E-state index in [1.807, 2.05) is 37.3 Å². The minimum absolute atomic E-state index is 0.162. The number of aryl methyl sites for hydroxylation is 1. The van der Waals surface area contributed by atoms with Gasteiger partial charge in [-0.05, 0) is 81.3 Å². The standard InChI is InChI=1S/C14H10BrClINO/c1-8-2-4-10(7-13(8)16)18-14(19)11-6-9(17)3-5-12(11)15/h2-7H,1H3,(H,18,19). The van der Waals surface area contributed by atoms with Crippen LogP contribution in [0.3, 0.4) is 0 Å². The number of amides is 1. The Hall–Kier alpha value is -0.590. The van der Waals surface area contributed by atoms with Gasteiger partial charge in [0.05, 0.1) is 5.56 Å². The van der Waals surface area contributed by atoms with E-state index in [-0.39, 0.29) is 5.91 Å². The van der Waals surface area contributed by atoms with Gasteiger partial charge in [0.2, 0.25) is 0 Å². The van der Waals surface area contributed by atoms with Crippen LogP contribution in [0.25, 0.3) is 0 Å². The van der Waals surface area contributed by atoms with Crippen molar-refractivity contribution in [2.45, 2.75) is 6.92 Å². The number of carbonyl (C=O) groups is 1. The molecule has 2 rings (SSSR count). The minimum atomic E-state index is -0.162. The van der Waals surface area contributed by atoms with Gasteiger partial charge in [-0.1, -0.05) is 17.7 Å². The number of hydrogen-bond donors (Lipinski definition) is 1. The summed E-state index contributed by atoms with van der Waals surface area (Å²) in [6.07, 6.45) is 0. The molecular formula is C14H10BrClINO. The zero-order chi connectivity index (χ0) is 14.0. The number of halogens is 3. The van der Waals surface area contributed by atoms with Gasteiger partial charge in [-0.3, -0.25) is 4.79 Å². The first-order valence-corrected chi connectivity index (χ1v) is 7.75. The zero-order valence-corrected chi connectivity index (χ0v) is 14.5. The molecule has 0 aromatic heterocycles. The van der Waals surface area contributed by atoms with Gasteiger partial charge >= 0.3 is 0 Å². The maximum atomic E-state index is 12.2. The molecule has 0 unspecified atom stereocenters. The molecular weight excluding hydrogens is 440 g/mol. The van der Waals surface area contributed by atoms with Gasteiger partial charge in [0, 0.05) is 18.8 Å². The Balaban J connectivity index is 2.25. The molecule has 0 heterocycles. The van der Waals surface area contributed by atoms with Gasteiger partial charge in [0.15, 0.2) is 0 Å². The van der Waals surface area contributed by atoms with Crippen molar-refractivity contribution in [3.8, 4) is 0 Å². The third-order valence-electron chi connectivity index (χ3n) is 2.60. The molecule has 0 saturated carbocycles. The van der Waals surface area contributed by atoms with E-state index in [9.17, 15) is 4.79 Å². The van der Waals surface area contributed by atoms with Crippen LogP contribution < -0.4 is 5.32 Å². The maximum Gasteiger partial charge on any atom is 0.256 e.